The first-order valence-electron chi connectivity index (χ1n) is 10.2. The highest BCUT2D eigenvalue weighted by atomic mass is 19.1. The van der Waals surface area contributed by atoms with Crippen LogP contribution in [0.3, 0.4) is 0 Å². The molecule has 2 saturated heterocycles. The third kappa shape index (κ3) is 3.89. The fraction of sp³-hybridized carbons (Fsp3) is 0.476. The number of nitrogens with one attached hydrogen (secondary N) is 1. The molecule has 0 bridgehead atoms. The SMILES string of the molecule is O=C(c1cccc(F)c1)N1CCCN(C(=O)C2(n3cccn3)CCNCC2)CC1. The van der Waals surface area contributed by atoms with Crippen LogP contribution >= 0.6 is 0 Å². The summed E-state index contributed by atoms with van der Waals surface area (Å²) in [4.78, 5) is 29.9. The van der Waals surface area contributed by atoms with Crippen molar-refractivity contribution in [1.82, 2.24) is 24.9 Å². The Balaban J connectivity index is 1.49. The number of hydrogen-bond donors (Lipinski definition) is 1. The number of nitrogens with zero attached hydrogens (tertiary/aromatic N) is 4. The summed E-state index contributed by atoms with van der Waals surface area (Å²) in [7, 11) is 0. The normalized spacial score (nSPS) is 19.6. The molecule has 0 saturated carbocycles. The van der Waals surface area contributed by atoms with Crippen LogP contribution in [0.25, 0.3) is 0 Å². The third-order valence-electron chi connectivity index (χ3n) is 5.91. The van der Waals surface area contributed by atoms with E-state index in [1.807, 2.05) is 17.2 Å². The van der Waals surface area contributed by atoms with E-state index in [9.17, 15) is 14.0 Å². The van der Waals surface area contributed by atoms with Crippen molar-refractivity contribution < 1.29 is 14.0 Å². The number of benzene rings is 1. The zero-order chi connectivity index (χ0) is 20.3. The second-order valence-electron chi connectivity index (χ2n) is 7.68. The van der Waals surface area contributed by atoms with E-state index < -0.39 is 11.4 Å². The molecule has 1 N–H and O–H groups in total. The van der Waals surface area contributed by atoms with E-state index in [1.54, 1.807) is 27.9 Å². The smallest absolute Gasteiger partial charge is 0.254 e. The van der Waals surface area contributed by atoms with Crippen molar-refractivity contribution in [2.75, 3.05) is 39.3 Å². The van der Waals surface area contributed by atoms with Gasteiger partial charge in [-0.15, -0.1) is 0 Å². The van der Waals surface area contributed by atoms with E-state index in [-0.39, 0.29) is 11.8 Å². The van der Waals surface area contributed by atoms with Gasteiger partial charge >= 0.3 is 0 Å². The Kier molecular flexibility index (Phi) is 5.62. The van der Waals surface area contributed by atoms with Crippen LogP contribution in [0, 0.1) is 5.82 Å². The van der Waals surface area contributed by atoms with E-state index in [0.29, 0.717) is 51.0 Å². The summed E-state index contributed by atoms with van der Waals surface area (Å²) in [5.74, 6) is -0.542. The van der Waals surface area contributed by atoms with Crippen molar-refractivity contribution in [3.05, 3.63) is 54.1 Å². The van der Waals surface area contributed by atoms with Gasteiger partial charge in [0.25, 0.3) is 11.8 Å². The molecule has 0 unspecified atom stereocenters. The monoisotopic (exact) mass is 399 g/mol. The van der Waals surface area contributed by atoms with Gasteiger partial charge in [0.05, 0.1) is 0 Å². The molecule has 2 aliphatic rings. The first-order chi connectivity index (χ1) is 14.1. The summed E-state index contributed by atoms with van der Waals surface area (Å²) < 4.78 is 15.3. The second-order valence-corrected chi connectivity index (χ2v) is 7.68. The minimum absolute atomic E-state index is 0.0720. The third-order valence-corrected chi connectivity index (χ3v) is 5.91. The quantitative estimate of drug-likeness (QED) is 0.849. The first kappa shape index (κ1) is 19.6. The van der Waals surface area contributed by atoms with Crippen LogP contribution in [-0.4, -0.2) is 70.7 Å². The number of halogens is 1. The predicted octanol–water partition coefficient (Wildman–Crippen LogP) is 1.48. The lowest BCUT2D eigenvalue weighted by atomic mass is 9.86. The van der Waals surface area contributed by atoms with Crippen LogP contribution in [0.15, 0.2) is 42.7 Å². The Bertz CT molecular complexity index is 864. The molecule has 0 spiro atoms. The number of carbonyl (C=O) groups is 2. The van der Waals surface area contributed by atoms with Gasteiger partial charge in [-0.05, 0) is 56.6 Å². The van der Waals surface area contributed by atoms with Crippen LogP contribution in [0.1, 0.15) is 29.6 Å². The lowest BCUT2D eigenvalue weighted by Crippen LogP contribution is -2.56. The highest BCUT2D eigenvalue weighted by Crippen LogP contribution is 2.30. The van der Waals surface area contributed by atoms with Crippen LogP contribution in [-0.2, 0) is 10.3 Å². The first-order valence-corrected chi connectivity index (χ1v) is 10.2. The number of carbonyl (C=O) groups excluding carboxylic acids is 2. The number of amides is 2. The Morgan fingerprint density at radius 1 is 1.03 bits per heavy atom. The van der Waals surface area contributed by atoms with Gasteiger partial charge in [0.2, 0.25) is 0 Å². The standard InChI is InChI=1S/C21H26FN5O2/c22-18-5-1-4-17(16-18)19(28)25-11-3-12-26(15-14-25)20(29)21(6-9-23-10-7-21)27-13-2-8-24-27/h1-2,4-5,8,13,16,23H,3,6-7,9-12,14-15H2. The number of hydrogen-bond acceptors (Lipinski definition) is 4. The average molecular weight is 399 g/mol. The van der Waals surface area contributed by atoms with Crippen molar-refractivity contribution >= 4 is 11.8 Å². The van der Waals surface area contributed by atoms with Crippen molar-refractivity contribution in [2.45, 2.75) is 24.8 Å². The van der Waals surface area contributed by atoms with Gasteiger partial charge in [-0.3, -0.25) is 14.3 Å². The molecule has 1 aromatic heterocycles. The molecule has 2 amide bonds. The van der Waals surface area contributed by atoms with E-state index in [4.69, 9.17) is 0 Å². The van der Waals surface area contributed by atoms with E-state index >= 15 is 0 Å². The van der Waals surface area contributed by atoms with Gasteiger partial charge < -0.3 is 15.1 Å². The van der Waals surface area contributed by atoms with E-state index in [1.165, 1.54) is 12.1 Å². The highest BCUT2D eigenvalue weighted by Gasteiger charge is 2.44. The summed E-state index contributed by atoms with van der Waals surface area (Å²) in [5.41, 5.74) is -0.327. The van der Waals surface area contributed by atoms with Gasteiger partial charge in [-0.2, -0.15) is 5.10 Å². The molecule has 29 heavy (non-hydrogen) atoms. The maximum atomic E-state index is 13.6. The molecule has 3 heterocycles. The lowest BCUT2D eigenvalue weighted by molar-refractivity contribution is -0.143. The Morgan fingerprint density at radius 3 is 2.52 bits per heavy atom. The molecule has 2 aromatic rings. The summed E-state index contributed by atoms with van der Waals surface area (Å²) >= 11 is 0. The van der Waals surface area contributed by atoms with Crippen molar-refractivity contribution in [3.8, 4) is 0 Å². The zero-order valence-electron chi connectivity index (χ0n) is 16.4. The number of piperidine rings is 1. The van der Waals surface area contributed by atoms with E-state index in [0.717, 1.165) is 13.1 Å². The van der Waals surface area contributed by atoms with Crippen LogP contribution in [0.4, 0.5) is 4.39 Å². The molecule has 154 valence electrons. The molecule has 2 fully saturated rings. The molecule has 2 aliphatic heterocycles. The average Bonchev–Trinajstić information content (AvgIpc) is 3.19. The number of rotatable bonds is 3. The number of aromatic nitrogens is 2. The van der Waals surface area contributed by atoms with Crippen LogP contribution < -0.4 is 5.32 Å². The van der Waals surface area contributed by atoms with Gasteiger partial charge in [-0.1, -0.05) is 6.07 Å². The Morgan fingerprint density at radius 2 is 1.79 bits per heavy atom. The summed E-state index contributed by atoms with van der Waals surface area (Å²) in [6.07, 6.45) is 5.64. The minimum Gasteiger partial charge on any atom is -0.339 e. The molecule has 1 aromatic carbocycles. The highest BCUT2D eigenvalue weighted by molar-refractivity contribution is 5.94. The topological polar surface area (TPSA) is 70.5 Å². The maximum absolute atomic E-state index is 13.6. The molecule has 8 heteroatoms. The van der Waals surface area contributed by atoms with Gasteiger partial charge in [0.1, 0.15) is 11.4 Å². The van der Waals surface area contributed by atoms with E-state index in [2.05, 4.69) is 10.4 Å². The molecule has 0 atom stereocenters. The molecule has 7 nitrogen and oxygen atoms in total. The zero-order valence-corrected chi connectivity index (χ0v) is 16.4. The summed E-state index contributed by atoms with van der Waals surface area (Å²) in [6, 6.07) is 7.60. The predicted molar refractivity (Wildman–Crippen MR) is 106 cm³/mol. The lowest BCUT2D eigenvalue weighted by Gasteiger charge is -2.40. The van der Waals surface area contributed by atoms with Crippen molar-refractivity contribution in [1.29, 1.82) is 0 Å². The summed E-state index contributed by atoms with van der Waals surface area (Å²) in [5, 5.41) is 7.70. The molecule has 0 aliphatic carbocycles. The maximum Gasteiger partial charge on any atom is 0.254 e. The van der Waals surface area contributed by atoms with Gasteiger partial charge in [0, 0.05) is 44.1 Å². The van der Waals surface area contributed by atoms with Crippen molar-refractivity contribution in [3.63, 3.8) is 0 Å². The minimum atomic E-state index is -0.670. The Labute approximate surface area is 169 Å². The molecule has 0 radical (unpaired) electrons. The largest absolute Gasteiger partial charge is 0.339 e. The Hall–Kier alpha value is -2.74. The van der Waals surface area contributed by atoms with Crippen LogP contribution in [0.5, 0.6) is 0 Å². The fourth-order valence-electron chi connectivity index (χ4n) is 4.33. The molecule has 4 rings (SSSR count). The van der Waals surface area contributed by atoms with Crippen LogP contribution in [0.2, 0.25) is 0 Å². The van der Waals surface area contributed by atoms with Gasteiger partial charge in [-0.25, -0.2) is 4.39 Å². The fourth-order valence-corrected chi connectivity index (χ4v) is 4.33. The second kappa shape index (κ2) is 8.32. The summed E-state index contributed by atoms with van der Waals surface area (Å²) in [6.45, 7) is 3.59. The van der Waals surface area contributed by atoms with Crippen molar-refractivity contribution in [2.24, 2.45) is 0 Å². The molecular formula is C21H26FN5O2. The molecular weight excluding hydrogens is 373 g/mol. The van der Waals surface area contributed by atoms with Gasteiger partial charge in [0.15, 0.2) is 0 Å².